The Kier molecular flexibility index (Phi) is 5.08. The van der Waals surface area contributed by atoms with Crippen LogP contribution >= 0.6 is 0 Å². The van der Waals surface area contributed by atoms with Crippen LogP contribution in [0.2, 0.25) is 0 Å². The van der Waals surface area contributed by atoms with Gasteiger partial charge in [-0.25, -0.2) is 17.5 Å². The highest BCUT2D eigenvalue weighted by Gasteiger charge is 2.16. The van der Waals surface area contributed by atoms with Crippen LogP contribution in [0, 0.1) is 5.82 Å². The van der Waals surface area contributed by atoms with Gasteiger partial charge in [-0.15, -0.1) is 0 Å². The molecule has 0 radical (unpaired) electrons. The molecule has 96 valence electrons. The van der Waals surface area contributed by atoms with Gasteiger partial charge in [0.25, 0.3) is 0 Å². The molecule has 0 saturated heterocycles. The number of sulfonamides is 1. The third-order valence-electron chi connectivity index (χ3n) is 2.47. The Labute approximate surface area is 102 Å². The number of hydrogen-bond donors (Lipinski definition) is 1. The Bertz CT molecular complexity index is 442. The summed E-state index contributed by atoms with van der Waals surface area (Å²) in [6.45, 7) is 3.89. The second-order valence-corrected chi connectivity index (χ2v) is 5.83. The topological polar surface area (TPSA) is 46.2 Å². The highest BCUT2D eigenvalue weighted by Crippen LogP contribution is 2.11. The van der Waals surface area contributed by atoms with Crippen molar-refractivity contribution in [2.45, 2.75) is 44.0 Å². The summed E-state index contributed by atoms with van der Waals surface area (Å²) in [6, 6.07) is 4.72. The summed E-state index contributed by atoms with van der Waals surface area (Å²) < 4.78 is 39.0. The van der Waals surface area contributed by atoms with E-state index in [2.05, 4.69) is 11.6 Å². The lowest BCUT2D eigenvalue weighted by Gasteiger charge is -2.13. The molecule has 17 heavy (non-hydrogen) atoms. The average Bonchev–Trinajstić information content (AvgIpc) is 2.26. The minimum absolute atomic E-state index is 0.0993. The summed E-state index contributed by atoms with van der Waals surface area (Å²) in [5.41, 5.74) is 0. The molecule has 1 aromatic carbocycles. The SMILES string of the molecule is CCCCC(C)NS(=O)(=O)c1ccc(F)cc1. The average molecular weight is 259 g/mol. The van der Waals surface area contributed by atoms with Crippen molar-refractivity contribution in [3.8, 4) is 0 Å². The Morgan fingerprint density at radius 2 is 1.88 bits per heavy atom. The molecule has 0 bridgehead atoms. The predicted octanol–water partition coefficient (Wildman–Crippen LogP) is 2.68. The summed E-state index contributed by atoms with van der Waals surface area (Å²) in [6.07, 6.45) is 2.81. The third kappa shape index (κ3) is 4.44. The number of nitrogens with one attached hydrogen (secondary N) is 1. The predicted molar refractivity (Wildman–Crippen MR) is 65.7 cm³/mol. The molecule has 0 fully saturated rings. The second-order valence-electron chi connectivity index (χ2n) is 4.12. The van der Waals surface area contributed by atoms with E-state index in [0.717, 1.165) is 31.4 Å². The normalized spacial score (nSPS) is 13.6. The minimum Gasteiger partial charge on any atom is -0.208 e. The molecule has 0 aliphatic heterocycles. The highest BCUT2D eigenvalue weighted by atomic mass is 32.2. The molecule has 0 aliphatic carbocycles. The molecule has 1 N–H and O–H groups in total. The van der Waals surface area contributed by atoms with E-state index in [-0.39, 0.29) is 10.9 Å². The summed E-state index contributed by atoms with van der Waals surface area (Å²) in [4.78, 5) is 0.0993. The van der Waals surface area contributed by atoms with Gasteiger partial charge >= 0.3 is 0 Å². The molecule has 1 aromatic rings. The summed E-state index contributed by atoms with van der Waals surface area (Å²) in [7, 11) is -3.52. The zero-order chi connectivity index (χ0) is 12.9. The van der Waals surface area contributed by atoms with Crippen LogP contribution < -0.4 is 4.72 Å². The lowest BCUT2D eigenvalue weighted by molar-refractivity contribution is 0.534. The molecule has 0 aromatic heterocycles. The molecule has 1 unspecified atom stereocenters. The van der Waals surface area contributed by atoms with Crippen molar-refractivity contribution >= 4 is 10.0 Å². The smallest absolute Gasteiger partial charge is 0.208 e. The van der Waals surface area contributed by atoms with Crippen LogP contribution in [0.4, 0.5) is 4.39 Å². The van der Waals surface area contributed by atoms with E-state index in [1.807, 2.05) is 6.92 Å². The molecule has 0 heterocycles. The number of halogens is 1. The van der Waals surface area contributed by atoms with Crippen molar-refractivity contribution in [1.82, 2.24) is 4.72 Å². The van der Waals surface area contributed by atoms with Crippen LogP contribution in [0.5, 0.6) is 0 Å². The van der Waals surface area contributed by atoms with Gasteiger partial charge in [0, 0.05) is 6.04 Å². The van der Waals surface area contributed by atoms with Crippen molar-refractivity contribution in [2.24, 2.45) is 0 Å². The molecule has 1 atom stereocenters. The summed E-state index contributed by atoms with van der Waals surface area (Å²) >= 11 is 0. The fraction of sp³-hybridized carbons (Fsp3) is 0.500. The van der Waals surface area contributed by atoms with E-state index in [1.165, 1.54) is 12.1 Å². The number of unbranched alkanes of at least 4 members (excludes halogenated alkanes) is 1. The Morgan fingerprint density at radius 1 is 1.29 bits per heavy atom. The molecule has 5 heteroatoms. The van der Waals surface area contributed by atoms with Crippen LogP contribution in [0.1, 0.15) is 33.1 Å². The van der Waals surface area contributed by atoms with E-state index >= 15 is 0 Å². The first kappa shape index (κ1) is 14.1. The summed E-state index contributed by atoms with van der Waals surface area (Å²) in [5.74, 6) is -0.442. The first-order chi connectivity index (χ1) is 7.95. The Balaban J connectivity index is 2.71. The molecule has 0 spiro atoms. The van der Waals surface area contributed by atoms with Crippen LogP contribution in [0.15, 0.2) is 29.2 Å². The van der Waals surface area contributed by atoms with E-state index < -0.39 is 15.8 Å². The number of hydrogen-bond acceptors (Lipinski definition) is 2. The van der Waals surface area contributed by atoms with Gasteiger partial charge in [0.15, 0.2) is 0 Å². The van der Waals surface area contributed by atoms with Gasteiger partial charge in [-0.1, -0.05) is 19.8 Å². The first-order valence-corrected chi connectivity index (χ1v) is 7.22. The van der Waals surface area contributed by atoms with E-state index in [0.29, 0.717) is 0 Å². The summed E-state index contributed by atoms with van der Waals surface area (Å²) in [5, 5.41) is 0. The van der Waals surface area contributed by atoms with Crippen LogP contribution in [-0.2, 0) is 10.0 Å². The molecule has 0 saturated carbocycles. The van der Waals surface area contributed by atoms with Gasteiger partial charge in [0.05, 0.1) is 4.90 Å². The maximum atomic E-state index is 12.7. The monoisotopic (exact) mass is 259 g/mol. The van der Waals surface area contributed by atoms with E-state index in [1.54, 1.807) is 0 Å². The molecule has 0 aliphatic rings. The van der Waals surface area contributed by atoms with Gasteiger partial charge < -0.3 is 0 Å². The van der Waals surface area contributed by atoms with Gasteiger partial charge in [-0.3, -0.25) is 0 Å². The zero-order valence-corrected chi connectivity index (χ0v) is 10.9. The molecule has 1 rings (SSSR count). The molecular weight excluding hydrogens is 241 g/mol. The Hall–Kier alpha value is -0.940. The van der Waals surface area contributed by atoms with Gasteiger partial charge in [0.2, 0.25) is 10.0 Å². The van der Waals surface area contributed by atoms with Crippen molar-refractivity contribution < 1.29 is 12.8 Å². The highest BCUT2D eigenvalue weighted by molar-refractivity contribution is 7.89. The van der Waals surface area contributed by atoms with Crippen LogP contribution in [-0.4, -0.2) is 14.5 Å². The van der Waals surface area contributed by atoms with Gasteiger partial charge in [-0.2, -0.15) is 0 Å². The van der Waals surface area contributed by atoms with E-state index in [4.69, 9.17) is 0 Å². The van der Waals surface area contributed by atoms with Crippen LogP contribution in [0.3, 0.4) is 0 Å². The standard InChI is InChI=1S/C12H18FNO2S/c1-3-4-5-10(2)14-17(15,16)12-8-6-11(13)7-9-12/h6-10,14H,3-5H2,1-2H3. The fourth-order valence-corrected chi connectivity index (χ4v) is 2.79. The van der Waals surface area contributed by atoms with Crippen molar-refractivity contribution in [2.75, 3.05) is 0 Å². The van der Waals surface area contributed by atoms with Crippen molar-refractivity contribution in [3.63, 3.8) is 0 Å². The molecule has 3 nitrogen and oxygen atoms in total. The quantitative estimate of drug-likeness (QED) is 0.853. The molecular formula is C12H18FNO2S. The number of benzene rings is 1. The van der Waals surface area contributed by atoms with Crippen molar-refractivity contribution in [1.29, 1.82) is 0 Å². The maximum absolute atomic E-state index is 12.7. The minimum atomic E-state index is -3.52. The second kappa shape index (κ2) is 6.12. The first-order valence-electron chi connectivity index (χ1n) is 5.73. The lowest BCUT2D eigenvalue weighted by atomic mass is 10.2. The maximum Gasteiger partial charge on any atom is 0.240 e. The fourth-order valence-electron chi connectivity index (χ4n) is 1.52. The Morgan fingerprint density at radius 3 is 2.41 bits per heavy atom. The van der Waals surface area contributed by atoms with Gasteiger partial charge in [-0.05, 0) is 37.6 Å². The number of rotatable bonds is 6. The van der Waals surface area contributed by atoms with E-state index in [9.17, 15) is 12.8 Å². The van der Waals surface area contributed by atoms with Crippen molar-refractivity contribution in [3.05, 3.63) is 30.1 Å². The zero-order valence-electron chi connectivity index (χ0n) is 10.1. The lowest BCUT2D eigenvalue weighted by Crippen LogP contribution is -2.32. The molecule has 0 amide bonds. The largest absolute Gasteiger partial charge is 0.240 e. The van der Waals surface area contributed by atoms with Gasteiger partial charge in [0.1, 0.15) is 5.82 Å². The third-order valence-corrected chi connectivity index (χ3v) is 4.08. The van der Waals surface area contributed by atoms with Crippen LogP contribution in [0.25, 0.3) is 0 Å².